The zero-order valence-corrected chi connectivity index (χ0v) is 24.5. The van der Waals surface area contributed by atoms with Crippen molar-refractivity contribution in [2.75, 3.05) is 66.6 Å². The lowest BCUT2D eigenvalue weighted by molar-refractivity contribution is -0.114. The molecule has 208 valence electrons. The molecule has 0 aliphatic rings. The molecule has 1 amide bonds. The number of likely N-dealkylation sites (N-methyl/N-ethyl adjacent to an activating group) is 1. The first-order chi connectivity index (χ1) is 17.9. The topological polar surface area (TPSA) is 82.6 Å². The summed E-state index contributed by atoms with van der Waals surface area (Å²) in [4.78, 5) is 22.3. The van der Waals surface area contributed by atoms with Crippen LogP contribution in [0.5, 0.6) is 28.7 Å². The molecule has 0 saturated carbocycles. The number of carbonyl (C=O) groups excluding carboxylic acids is 1. The van der Waals surface area contributed by atoms with E-state index in [0.29, 0.717) is 52.5 Å². The molecule has 0 fully saturated rings. The molecule has 0 aliphatic heterocycles. The van der Waals surface area contributed by atoms with Crippen LogP contribution in [-0.2, 0) is 4.79 Å². The maximum Gasteiger partial charge on any atom is 0.252 e. The molecule has 3 aromatic rings. The van der Waals surface area contributed by atoms with Crippen LogP contribution in [0.1, 0.15) is 19.4 Å². The van der Waals surface area contributed by atoms with Gasteiger partial charge in [0, 0.05) is 19.2 Å². The number of nitrogens with zero attached hydrogens (tertiary/aromatic N) is 3. The molecule has 38 heavy (non-hydrogen) atoms. The lowest BCUT2D eigenvalue weighted by Crippen LogP contribution is -2.38. The molecule has 0 bridgehead atoms. The minimum Gasteiger partial charge on any atom is -0.495 e. The van der Waals surface area contributed by atoms with Gasteiger partial charge in [-0.2, -0.15) is 0 Å². The number of hydrogen-bond donors (Lipinski definition) is 0. The van der Waals surface area contributed by atoms with Crippen molar-refractivity contribution in [3.8, 4) is 28.7 Å². The number of benzene rings is 2. The fourth-order valence-corrected chi connectivity index (χ4v) is 5.03. The number of fused-ring (bicyclic) bond motifs is 1. The summed E-state index contributed by atoms with van der Waals surface area (Å²) in [5.74, 6) is 2.63. The maximum absolute atomic E-state index is 13.6. The first-order valence-corrected chi connectivity index (χ1v) is 12.8. The minimum atomic E-state index is -0.196. The Morgan fingerprint density at radius 2 is 1.45 bits per heavy atom. The van der Waals surface area contributed by atoms with Crippen molar-refractivity contribution in [3.05, 3.63) is 35.9 Å². The number of hydrogen-bond acceptors (Lipinski definition) is 9. The number of methoxy groups -OCH3 is 5. The van der Waals surface area contributed by atoms with Gasteiger partial charge in [-0.1, -0.05) is 25.2 Å². The van der Waals surface area contributed by atoms with Crippen molar-refractivity contribution in [2.45, 2.75) is 13.8 Å². The predicted molar refractivity (Wildman–Crippen MR) is 155 cm³/mol. The average molecular weight is 566 g/mol. The second-order valence-corrected chi connectivity index (χ2v) is 8.93. The third kappa shape index (κ3) is 6.80. The average Bonchev–Trinajstić information content (AvgIpc) is 3.38. The largest absolute Gasteiger partial charge is 0.495 e. The van der Waals surface area contributed by atoms with Gasteiger partial charge in [-0.15, -0.1) is 12.4 Å². The molecular formula is C27H36ClN3O6S. The quantitative estimate of drug-likeness (QED) is 0.263. The van der Waals surface area contributed by atoms with Crippen LogP contribution in [0, 0.1) is 0 Å². The first kappa shape index (κ1) is 31.0. The molecule has 3 rings (SSSR count). The highest BCUT2D eigenvalue weighted by molar-refractivity contribution is 7.22. The van der Waals surface area contributed by atoms with Crippen molar-refractivity contribution < 1.29 is 28.5 Å². The molecule has 0 spiro atoms. The second kappa shape index (κ2) is 14.7. The summed E-state index contributed by atoms with van der Waals surface area (Å²) in [6.45, 7) is 7.18. The third-order valence-electron chi connectivity index (χ3n) is 6.04. The van der Waals surface area contributed by atoms with Crippen LogP contribution in [0.3, 0.4) is 0 Å². The number of halogens is 1. The Morgan fingerprint density at radius 1 is 0.868 bits per heavy atom. The number of ether oxygens (including phenoxy) is 5. The van der Waals surface area contributed by atoms with Crippen molar-refractivity contribution in [2.24, 2.45) is 0 Å². The Hall–Kier alpha value is -3.21. The van der Waals surface area contributed by atoms with Gasteiger partial charge >= 0.3 is 0 Å². The van der Waals surface area contributed by atoms with Gasteiger partial charge in [-0.3, -0.25) is 9.69 Å². The molecule has 0 saturated heterocycles. The van der Waals surface area contributed by atoms with E-state index in [1.165, 1.54) is 17.4 Å². The zero-order chi connectivity index (χ0) is 26.9. The second-order valence-electron chi connectivity index (χ2n) is 7.95. The van der Waals surface area contributed by atoms with E-state index in [-0.39, 0.29) is 18.3 Å². The Morgan fingerprint density at radius 3 is 1.97 bits per heavy atom. The maximum atomic E-state index is 13.6. The summed E-state index contributed by atoms with van der Waals surface area (Å²) in [7, 11) is 7.88. The van der Waals surface area contributed by atoms with Crippen LogP contribution in [-0.4, -0.2) is 77.5 Å². The number of thiazole rings is 1. The van der Waals surface area contributed by atoms with Gasteiger partial charge in [0.25, 0.3) is 5.91 Å². The number of aromatic nitrogens is 1. The number of rotatable bonds is 13. The Balaban J connectivity index is 0.00000507. The Bertz CT molecular complexity index is 1180. The third-order valence-corrected chi connectivity index (χ3v) is 7.13. The Labute approximate surface area is 234 Å². The molecule has 1 heterocycles. The van der Waals surface area contributed by atoms with E-state index in [4.69, 9.17) is 28.7 Å². The summed E-state index contributed by atoms with van der Waals surface area (Å²) >= 11 is 1.40. The van der Waals surface area contributed by atoms with E-state index in [9.17, 15) is 4.79 Å². The highest BCUT2D eigenvalue weighted by atomic mass is 35.5. The zero-order valence-electron chi connectivity index (χ0n) is 22.9. The molecule has 0 radical (unpaired) electrons. The van der Waals surface area contributed by atoms with E-state index in [1.54, 1.807) is 58.7 Å². The lowest BCUT2D eigenvalue weighted by Gasteiger charge is -2.23. The van der Waals surface area contributed by atoms with Gasteiger partial charge in [-0.05, 0) is 49.0 Å². The van der Waals surface area contributed by atoms with Crippen LogP contribution in [0.25, 0.3) is 16.3 Å². The van der Waals surface area contributed by atoms with E-state index in [0.717, 1.165) is 23.4 Å². The first-order valence-electron chi connectivity index (χ1n) is 12.0. The fraction of sp³-hybridized carbons (Fsp3) is 0.407. The monoisotopic (exact) mass is 565 g/mol. The van der Waals surface area contributed by atoms with E-state index in [1.807, 2.05) is 12.1 Å². The van der Waals surface area contributed by atoms with Crippen molar-refractivity contribution in [1.29, 1.82) is 0 Å². The van der Waals surface area contributed by atoms with Crippen molar-refractivity contribution in [3.63, 3.8) is 0 Å². The van der Waals surface area contributed by atoms with E-state index < -0.39 is 0 Å². The highest BCUT2D eigenvalue weighted by Gasteiger charge is 2.22. The standard InChI is InChI=1S/C27H35N3O6S.ClH/c1-8-29(9-2)14-15-30(27-28-24-19(32-3)11-12-20(33-4)26(24)37-27)23(31)13-10-18-16-21(34-5)25(36-7)22(17-18)35-6;/h10-13,16-17H,8-9,14-15H2,1-7H3;1H. The molecule has 0 N–H and O–H groups in total. The van der Waals surface area contributed by atoms with Crippen molar-refractivity contribution in [1.82, 2.24) is 9.88 Å². The molecule has 1 aromatic heterocycles. The number of amides is 1. The summed E-state index contributed by atoms with van der Waals surface area (Å²) in [5.41, 5.74) is 1.40. The molecular weight excluding hydrogens is 530 g/mol. The summed E-state index contributed by atoms with van der Waals surface area (Å²) in [6, 6.07) is 7.24. The van der Waals surface area contributed by atoms with Gasteiger partial charge in [0.05, 0.1) is 35.5 Å². The molecule has 0 unspecified atom stereocenters. The molecule has 2 aromatic carbocycles. The summed E-state index contributed by atoms with van der Waals surface area (Å²) < 4.78 is 28.1. The predicted octanol–water partition coefficient (Wildman–Crippen LogP) is 5.15. The summed E-state index contributed by atoms with van der Waals surface area (Å²) in [5, 5.41) is 0.574. The SMILES string of the molecule is CCN(CC)CCN(C(=O)C=Cc1cc(OC)c(OC)c(OC)c1)c1nc2c(OC)ccc(OC)c2s1.Cl. The van der Waals surface area contributed by atoms with Gasteiger partial charge in [-0.25, -0.2) is 4.98 Å². The highest BCUT2D eigenvalue weighted by Crippen LogP contribution is 2.41. The van der Waals surface area contributed by atoms with Crippen LogP contribution in [0.4, 0.5) is 5.13 Å². The molecule has 0 aliphatic carbocycles. The van der Waals surface area contributed by atoms with Gasteiger partial charge in [0.2, 0.25) is 5.75 Å². The van der Waals surface area contributed by atoms with Gasteiger partial charge in [0.15, 0.2) is 16.6 Å². The lowest BCUT2D eigenvalue weighted by atomic mass is 10.1. The molecule has 0 atom stereocenters. The van der Waals surface area contributed by atoms with Crippen LogP contribution in [0.15, 0.2) is 30.3 Å². The normalized spacial score (nSPS) is 10.9. The minimum absolute atomic E-state index is 0. The molecule has 9 nitrogen and oxygen atoms in total. The van der Waals surface area contributed by atoms with Crippen LogP contribution >= 0.6 is 23.7 Å². The van der Waals surface area contributed by atoms with E-state index >= 15 is 0 Å². The Kier molecular flexibility index (Phi) is 12.0. The summed E-state index contributed by atoms with van der Waals surface area (Å²) in [6.07, 6.45) is 3.26. The smallest absolute Gasteiger partial charge is 0.252 e. The van der Waals surface area contributed by atoms with Crippen LogP contribution < -0.4 is 28.6 Å². The molecule has 11 heteroatoms. The fourth-order valence-electron chi connectivity index (χ4n) is 3.93. The number of carbonyl (C=O) groups is 1. The van der Waals surface area contributed by atoms with Gasteiger partial charge in [0.1, 0.15) is 21.7 Å². The van der Waals surface area contributed by atoms with E-state index in [2.05, 4.69) is 18.7 Å². The van der Waals surface area contributed by atoms with Gasteiger partial charge < -0.3 is 28.6 Å². The van der Waals surface area contributed by atoms with Crippen LogP contribution in [0.2, 0.25) is 0 Å². The van der Waals surface area contributed by atoms with Crippen molar-refractivity contribution >= 4 is 51.1 Å². The number of anilines is 1.